The molecular weight excluding hydrogens is 230 g/mol. The van der Waals surface area contributed by atoms with Crippen molar-refractivity contribution in [2.45, 2.75) is 12.8 Å². The van der Waals surface area contributed by atoms with Gasteiger partial charge in [-0.05, 0) is 37.6 Å². The third-order valence-corrected chi connectivity index (χ3v) is 3.51. The summed E-state index contributed by atoms with van der Waals surface area (Å²) in [6, 6.07) is 3.37. The lowest BCUT2D eigenvalue weighted by molar-refractivity contribution is 0.0698. The fourth-order valence-electron chi connectivity index (χ4n) is 2.55. The second-order valence-corrected chi connectivity index (χ2v) is 4.72. The summed E-state index contributed by atoms with van der Waals surface area (Å²) >= 11 is 0. The van der Waals surface area contributed by atoms with Crippen LogP contribution in [0.2, 0.25) is 0 Å². The second kappa shape index (κ2) is 4.42. The maximum atomic E-state index is 11.1. The number of rotatable bonds is 3. The van der Waals surface area contributed by atoms with E-state index in [4.69, 9.17) is 5.11 Å². The van der Waals surface area contributed by atoms with Crippen LogP contribution in [0.5, 0.6) is 0 Å². The van der Waals surface area contributed by atoms with Crippen LogP contribution in [-0.4, -0.2) is 33.6 Å². The first-order valence-corrected chi connectivity index (χ1v) is 6.14. The van der Waals surface area contributed by atoms with E-state index in [0.717, 1.165) is 31.8 Å². The third-order valence-electron chi connectivity index (χ3n) is 3.51. The summed E-state index contributed by atoms with van der Waals surface area (Å²) in [6.45, 7) is 2.09. The van der Waals surface area contributed by atoms with Crippen molar-refractivity contribution >= 4 is 11.5 Å². The summed E-state index contributed by atoms with van der Waals surface area (Å²) in [4.78, 5) is 15.5. The number of fused-ring (bicyclic) bond motifs is 1. The molecule has 0 aromatic carbocycles. The molecule has 3 heterocycles. The number of nitrogens with one attached hydrogen (secondary N) is 1. The first-order valence-electron chi connectivity index (χ1n) is 6.14. The van der Waals surface area contributed by atoms with Gasteiger partial charge >= 0.3 is 5.97 Å². The normalized spacial score (nSPS) is 19.4. The first-order chi connectivity index (χ1) is 8.75. The van der Waals surface area contributed by atoms with E-state index in [9.17, 15) is 4.79 Å². The zero-order valence-corrected chi connectivity index (χ0v) is 9.97. The Balaban J connectivity index is 1.98. The molecule has 0 radical (unpaired) electrons. The van der Waals surface area contributed by atoms with Crippen molar-refractivity contribution in [3.05, 3.63) is 35.9 Å². The number of aromatic carboxylic acids is 1. The topological polar surface area (TPSA) is 66.6 Å². The number of carboxylic acids is 1. The van der Waals surface area contributed by atoms with Crippen molar-refractivity contribution < 1.29 is 9.90 Å². The average molecular weight is 245 g/mol. The fourth-order valence-corrected chi connectivity index (χ4v) is 2.55. The molecular formula is C13H15N3O2. The van der Waals surface area contributed by atoms with Crippen molar-refractivity contribution in [1.29, 1.82) is 0 Å². The van der Waals surface area contributed by atoms with Gasteiger partial charge in [-0.2, -0.15) is 0 Å². The summed E-state index contributed by atoms with van der Waals surface area (Å²) in [5, 5.41) is 12.5. The molecule has 0 amide bonds. The Morgan fingerprint density at radius 2 is 2.50 bits per heavy atom. The maximum Gasteiger partial charge on any atom is 0.337 e. The third kappa shape index (κ3) is 1.86. The van der Waals surface area contributed by atoms with Gasteiger partial charge in [-0.1, -0.05) is 0 Å². The smallest absolute Gasteiger partial charge is 0.337 e. The highest BCUT2D eigenvalue weighted by atomic mass is 16.4. The van der Waals surface area contributed by atoms with E-state index in [1.807, 2.05) is 10.6 Å². The Morgan fingerprint density at radius 3 is 3.22 bits per heavy atom. The molecule has 3 rings (SSSR count). The number of nitrogens with zero attached hydrogens (tertiary/aromatic N) is 2. The van der Waals surface area contributed by atoms with Crippen LogP contribution < -0.4 is 5.32 Å². The first kappa shape index (κ1) is 11.2. The second-order valence-electron chi connectivity index (χ2n) is 4.72. The van der Waals surface area contributed by atoms with Crippen LogP contribution in [0, 0.1) is 5.92 Å². The van der Waals surface area contributed by atoms with Gasteiger partial charge in [-0.15, -0.1) is 0 Å². The Hall–Kier alpha value is -1.88. The highest BCUT2D eigenvalue weighted by molar-refractivity contribution is 5.95. The molecule has 2 aromatic rings. The minimum absolute atomic E-state index is 0.306. The number of hydrogen-bond acceptors (Lipinski definition) is 3. The molecule has 0 spiro atoms. The molecule has 1 aliphatic rings. The van der Waals surface area contributed by atoms with Gasteiger partial charge in [0.1, 0.15) is 5.82 Å². The minimum atomic E-state index is -0.908. The van der Waals surface area contributed by atoms with Gasteiger partial charge < -0.3 is 14.8 Å². The highest BCUT2D eigenvalue weighted by Gasteiger charge is 2.18. The minimum Gasteiger partial charge on any atom is -0.478 e. The number of carboxylic acid groups (broad SMARTS) is 1. The van der Waals surface area contributed by atoms with Gasteiger partial charge in [-0.25, -0.2) is 9.78 Å². The molecule has 1 saturated heterocycles. The standard InChI is InChI=1S/C13H15N3O2/c17-13(18)10-2-1-5-16-11(10)8-15-12(16)6-9-3-4-14-7-9/h1-2,5,8-9,14H,3-4,6-7H2,(H,17,18). The zero-order valence-electron chi connectivity index (χ0n) is 9.97. The molecule has 5 heteroatoms. The van der Waals surface area contributed by atoms with Crippen LogP contribution in [0.1, 0.15) is 22.6 Å². The van der Waals surface area contributed by atoms with Gasteiger partial charge in [0.2, 0.25) is 0 Å². The van der Waals surface area contributed by atoms with Gasteiger partial charge in [-0.3, -0.25) is 0 Å². The van der Waals surface area contributed by atoms with Crippen molar-refractivity contribution in [3.8, 4) is 0 Å². The van der Waals surface area contributed by atoms with E-state index in [1.165, 1.54) is 0 Å². The number of aromatic nitrogens is 2. The predicted molar refractivity (Wildman–Crippen MR) is 66.8 cm³/mol. The van der Waals surface area contributed by atoms with Crippen LogP contribution in [0.25, 0.3) is 5.52 Å². The zero-order chi connectivity index (χ0) is 12.5. The largest absolute Gasteiger partial charge is 0.478 e. The Labute approximate surface area is 104 Å². The molecule has 0 bridgehead atoms. The van der Waals surface area contributed by atoms with Crippen molar-refractivity contribution in [1.82, 2.24) is 14.7 Å². The lowest BCUT2D eigenvalue weighted by Gasteiger charge is -2.07. The fraction of sp³-hybridized carbons (Fsp3) is 0.385. The molecule has 0 aliphatic carbocycles. The molecule has 1 aliphatic heterocycles. The van der Waals surface area contributed by atoms with Crippen LogP contribution in [0.4, 0.5) is 0 Å². The molecule has 2 aromatic heterocycles. The molecule has 1 atom stereocenters. The highest BCUT2D eigenvalue weighted by Crippen LogP contribution is 2.18. The van der Waals surface area contributed by atoms with Crippen molar-refractivity contribution in [3.63, 3.8) is 0 Å². The summed E-state index contributed by atoms with van der Waals surface area (Å²) in [6.07, 6.45) is 5.59. The van der Waals surface area contributed by atoms with E-state index in [0.29, 0.717) is 17.0 Å². The quantitative estimate of drug-likeness (QED) is 0.852. The lowest BCUT2D eigenvalue weighted by atomic mass is 10.0. The Bertz CT molecular complexity index is 585. The van der Waals surface area contributed by atoms with Crippen molar-refractivity contribution in [2.75, 3.05) is 13.1 Å². The van der Waals surface area contributed by atoms with Crippen LogP contribution in [-0.2, 0) is 6.42 Å². The lowest BCUT2D eigenvalue weighted by Crippen LogP contribution is -2.12. The maximum absolute atomic E-state index is 11.1. The molecule has 94 valence electrons. The number of pyridine rings is 1. The molecule has 1 fully saturated rings. The number of carbonyl (C=O) groups is 1. The van der Waals surface area contributed by atoms with E-state index < -0.39 is 5.97 Å². The summed E-state index contributed by atoms with van der Waals surface area (Å²) < 4.78 is 1.89. The Kier molecular flexibility index (Phi) is 2.76. The van der Waals surface area contributed by atoms with Crippen LogP contribution in [0.3, 0.4) is 0 Å². The Morgan fingerprint density at radius 1 is 1.61 bits per heavy atom. The molecule has 5 nitrogen and oxygen atoms in total. The van der Waals surface area contributed by atoms with Crippen LogP contribution >= 0.6 is 0 Å². The van der Waals surface area contributed by atoms with E-state index in [-0.39, 0.29) is 0 Å². The van der Waals surface area contributed by atoms with Crippen LogP contribution in [0.15, 0.2) is 24.5 Å². The predicted octanol–water partition coefficient (Wildman–Crippen LogP) is 1.18. The summed E-state index contributed by atoms with van der Waals surface area (Å²) in [5.41, 5.74) is 0.978. The van der Waals surface area contributed by atoms with E-state index >= 15 is 0 Å². The molecule has 2 N–H and O–H groups in total. The average Bonchev–Trinajstić information content (AvgIpc) is 2.99. The van der Waals surface area contributed by atoms with Gasteiger partial charge in [0.05, 0.1) is 17.3 Å². The SMILES string of the molecule is O=C(O)c1cccn2c(CC3CCNC3)ncc12. The van der Waals surface area contributed by atoms with Gasteiger partial charge in [0.25, 0.3) is 0 Å². The molecule has 1 unspecified atom stereocenters. The monoisotopic (exact) mass is 245 g/mol. The van der Waals surface area contributed by atoms with Gasteiger partial charge in [0.15, 0.2) is 0 Å². The number of imidazole rings is 1. The molecule has 18 heavy (non-hydrogen) atoms. The van der Waals surface area contributed by atoms with E-state index in [2.05, 4.69) is 10.3 Å². The number of hydrogen-bond donors (Lipinski definition) is 2. The van der Waals surface area contributed by atoms with Gasteiger partial charge in [0, 0.05) is 12.6 Å². The molecule has 0 saturated carbocycles. The van der Waals surface area contributed by atoms with E-state index in [1.54, 1.807) is 18.3 Å². The summed E-state index contributed by atoms with van der Waals surface area (Å²) in [5.74, 6) is 0.639. The summed E-state index contributed by atoms with van der Waals surface area (Å²) in [7, 11) is 0. The van der Waals surface area contributed by atoms with Crippen molar-refractivity contribution in [2.24, 2.45) is 5.92 Å².